The lowest BCUT2D eigenvalue weighted by atomic mass is 9.99. The van der Waals surface area contributed by atoms with E-state index >= 15 is 0 Å². The SMILES string of the molecule is O=C1CCC[C@H](/C=C/[C@@H](O)Cc2ccccc2)N1CCC[NH+]1C=C[NH+](C(=O)O)O1. The van der Waals surface area contributed by atoms with E-state index in [1.807, 2.05) is 41.3 Å². The van der Waals surface area contributed by atoms with Crippen LogP contribution in [-0.4, -0.2) is 52.3 Å². The van der Waals surface area contributed by atoms with Crippen molar-refractivity contribution >= 4 is 12.0 Å². The quantitative estimate of drug-likeness (QED) is 0.447. The molecular formula is C21H29N3O5+2. The molecule has 0 saturated carbocycles. The number of hydrogen-bond acceptors (Lipinski definition) is 4. The van der Waals surface area contributed by atoms with E-state index < -0.39 is 12.2 Å². The summed E-state index contributed by atoms with van der Waals surface area (Å²) in [6.45, 7) is 1.15. The Balaban J connectivity index is 1.49. The van der Waals surface area contributed by atoms with E-state index in [1.165, 1.54) is 6.20 Å². The number of piperidine rings is 1. The Hall–Kier alpha value is -2.52. The van der Waals surface area contributed by atoms with E-state index in [4.69, 9.17) is 10.0 Å². The third kappa shape index (κ3) is 6.23. The summed E-state index contributed by atoms with van der Waals surface area (Å²) in [5.41, 5.74) is 1.07. The van der Waals surface area contributed by atoms with Crippen LogP contribution in [-0.2, 0) is 16.2 Å². The van der Waals surface area contributed by atoms with Crippen molar-refractivity contribution in [3.8, 4) is 0 Å². The maximum Gasteiger partial charge on any atom is 0.555 e. The molecule has 1 aromatic carbocycles. The molecule has 4 N–H and O–H groups in total. The smallest absolute Gasteiger partial charge is 0.433 e. The van der Waals surface area contributed by atoms with Crippen molar-refractivity contribution in [1.82, 2.24) is 4.90 Å². The van der Waals surface area contributed by atoms with Crippen LogP contribution in [0.15, 0.2) is 54.9 Å². The minimum Gasteiger partial charge on any atom is -0.433 e. The first-order chi connectivity index (χ1) is 14.0. The summed E-state index contributed by atoms with van der Waals surface area (Å²) < 4.78 is 0. The van der Waals surface area contributed by atoms with Gasteiger partial charge in [-0.2, -0.15) is 4.79 Å². The van der Waals surface area contributed by atoms with Gasteiger partial charge in [-0.25, -0.2) is 0 Å². The highest BCUT2D eigenvalue weighted by Crippen LogP contribution is 2.20. The molecular weight excluding hydrogens is 374 g/mol. The number of nitrogens with one attached hydrogen (secondary N) is 2. The molecule has 1 aromatic rings. The summed E-state index contributed by atoms with van der Waals surface area (Å²) >= 11 is 0. The molecule has 2 unspecified atom stereocenters. The number of carbonyl (C=O) groups excluding carboxylic acids is 1. The minimum atomic E-state index is -1.08. The van der Waals surface area contributed by atoms with Gasteiger partial charge >= 0.3 is 6.09 Å². The van der Waals surface area contributed by atoms with E-state index in [9.17, 15) is 14.7 Å². The van der Waals surface area contributed by atoms with E-state index in [1.54, 1.807) is 12.3 Å². The normalized spacial score (nSPS) is 25.6. The van der Waals surface area contributed by atoms with E-state index in [-0.39, 0.29) is 17.0 Å². The molecule has 8 heteroatoms. The Labute approximate surface area is 170 Å². The molecule has 0 radical (unpaired) electrons. The summed E-state index contributed by atoms with van der Waals surface area (Å²) in [5.74, 6) is 0.120. The van der Waals surface area contributed by atoms with Crippen molar-refractivity contribution in [3.05, 3.63) is 60.4 Å². The first-order valence-corrected chi connectivity index (χ1v) is 10.0. The lowest BCUT2D eigenvalue weighted by Crippen LogP contribution is -3.22. The Kier molecular flexibility index (Phi) is 7.54. The van der Waals surface area contributed by atoms with Crippen LogP contribution in [0.2, 0.25) is 0 Å². The van der Waals surface area contributed by atoms with E-state index in [0.29, 0.717) is 37.4 Å². The summed E-state index contributed by atoms with van der Waals surface area (Å²) in [6.07, 6.45) is 8.68. The topological polar surface area (TPSA) is 96.0 Å². The predicted octanol–water partition coefficient (Wildman–Crippen LogP) is -0.303. The van der Waals surface area contributed by atoms with Gasteiger partial charge in [0.15, 0.2) is 12.4 Å². The number of rotatable bonds is 8. The third-order valence-corrected chi connectivity index (χ3v) is 5.15. The summed E-state index contributed by atoms with van der Waals surface area (Å²) in [7, 11) is 0. The number of aliphatic hydroxyl groups excluding tert-OH is 1. The van der Waals surface area contributed by atoms with Crippen LogP contribution in [0.4, 0.5) is 4.79 Å². The molecule has 8 nitrogen and oxygen atoms in total. The molecule has 1 saturated heterocycles. The van der Waals surface area contributed by atoms with Crippen molar-refractivity contribution in [2.75, 3.05) is 13.1 Å². The van der Waals surface area contributed by atoms with Crippen molar-refractivity contribution in [2.24, 2.45) is 0 Å². The average Bonchev–Trinajstić information content (AvgIpc) is 3.18. The van der Waals surface area contributed by atoms with Crippen LogP contribution < -0.4 is 10.1 Å². The highest BCUT2D eigenvalue weighted by molar-refractivity contribution is 5.77. The number of hydroxylamine groups is 4. The fourth-order valence-electron chi connectivity index (χ4n) is 3.67. The van der Waals surface area contributed by atoms with E-state index in [2.05, 4.69) is 0 Å². The van der Waals surface area contributed by atoms with Crippen molar-refractivity contribution < 1.29 is 34.9 Å². The number of aliphatic hydroxyl groups is 1. The number of nitrogens with zero attached hydrogens (tertiary/aromatic N) is 1. The van der Waals surface area contributed by atoms with Gasteiger partial charge in [-0.05, 0) is 23.5 Å². The minimum absolute atomic E-state index is 0.0205. The molecule has 0 bridgehead atoms. The first-order valence-electron chi connectivity index (χ1n) is 10.0. The molecule has 2 aliphatic rings. The largest absolute Gasteiger partial charge is 0.555 e. The molecule has 2 amide bonds. The summed E-state index contributed by atoms with van der Waals surface area (Å²) in [4.78, 5) is 30.4. The third-order valence-electron chi connectivity index (χ3n) is 5.15. The van der Waals surface area contributed by atoms with Crippen LogP contribution in [0.1, 0.15) is 31.2 Å². The molecule has 1 fully saturated rings. The van der Waals surface area contributed by atoms with Crippen LogP contribution in [0.25, 0.3) is 0 Å². The van der Waals surface area contributed by atoms with Gasteiger partial charge in [-0.1, -0.05) is 42.5 Å². The van der Waals surface area contributed by atoms with Gasteiger partial charge in [-0.15, -0.1) is 5.06 Å². The zero-order chi connectivity index (χ0) is 20.6. The van der Waals surface area contributed by atoms with Crippen LogP contribution in [0.3, 0.4) is 0 Å². The van der Waals surface area contributed by atoms with E-state index in [0.717, 1.165) is 18.4 Å². The Morgan fingerprint density at radius 2 is 2.10 bits per heavy atom. The summed E-state index contributed by atoms with van der Waals surface area (Å²) in [5, 5.41) is 19.8. The van der Waals surface area contributed by atoms with Gasteiger partial charge in [0, 0.05) is 30.7 Å². The highest BCUT2D eigenvalue weighted by atomic mass is 16.9. The van der Waals surface area contributed by atoms with Crippen LogP contribution >= 0.6 is 0 Å². The Morgan fingerprint density at radius 3 is 2.83 bits per heavy atom. The van der Waals surface area contributed by atoms with Gasteiger partial charge in [0.05, 0.1) is 12.1 Å². The Morgan fingerprint density at radius 1 is 1.31 bits per heavy atom. The molecule has 156 valence electrons. The zero-order valence-electron chi connectivity index (χ0n) is 16.4. The van der Waals surface area contributed by atoms with Crippen molar-refractivity contribution in [1.29, 1.82) is 0 Å². The number of hydrogen-bond donors (Lipinski definition) is 4. The lowest BCUT2D eigenvalue weighted by Gasteiger charge is -2.34. The van der Waals surface area contributed by atoms with Gasteiger partial charge in [0.1, 0.15) is 6.54 Å². The molecule has 0 spiro atoms. The molecule has 0 aromatic heterocycles. The number of likely N-dealkylation sites (tertiary alicyclic amines) is 1. The molecule has 3 rings (SSSR count). The summed E-state index contributed by atoms with van der Waals surface area (Å²) in [6, 6.07) is 9.79. The van der Waals surface area contributed by atoms with Gasteiger partial charge in [0.25, 0.3) is 0 Å². The molecule has 29 heavy (non-hydrogen) atoms. The lowest BCUT2D eigenvalue weighted by molar-refractivity contribution is -1.26. The highest BCUT2D eigenvalue weighted by Gasteiger charge is 2.32. The second kappa shape index (κ2) is 10.3. The second-order valence-corrected chi connectivity index (χ2v) is 7.36. The zero-order valence-corrected chi connectivity index (χ0v) is 16.4. The van der Waals surface area contributed by atoms with Crippen molar-refractivity contribution in [3.63, 3.8) is 0 Å². The first kappa shape index (κ1) is 21.2. The van der Waals surface area contributed by atoms with Gasteiger partial charge in [0.2, 0.25) is 5.91 Å². The van der Waals surface area contributed by atoms with Crippen LogP contribution in [0, 0.1) is 0 Å². The average molecular weight is 403 g/mol. The number of amides is 2. The maximum atomic E-state index is 12.4. The molecule has 2 aliphatic heterocycles. The number of benzene rings is 1. The fourth-order valence-corrected chi connectivity index (χ4v) is 3.67. The fraction of sp³-hybridized carbons (Fsp3) is 0.429. The second-order valence-electron chi connectivity index (χ2n) is 7.36. The molecule has 4 atom stereocenters. The predicted molar refractivity (Wildman–Crippen MR) is 104 cm³/mol. The number of carbonyl (C=O) groups is 2. The molecule has 2 heterocycles. The number of carboxylic acid groups (broad SMARTS) is 1. The van der Waals surface area contributed by atoms with Gasteiger partial charge in [-0.3, -0.25) is 4.79 Å². The molecule has 0 aliphatic carbocycles. The standard InChI is InChI=1S/C21H27N3O5/c25-19(16-17-6-2-1-3-7-17)11-10-18-8-4-9-20(26)23(18)13-5-12-22-14-15-24(29-22)21(27)28/h1-3,6-7,10-11,14-15,18-19,25H,4-5,8-9,12-13,16H2,(H,27,28)/p+2/b11-10+/t18-,19-/m1/s1. The van der Waals surface area contributed by atoms with Gasteiger partial charge < -0.3 is 15.1 Å². The Bertz CT molecular complexity index is 752. The van der Waals surface area contributed by atoms with Crippen molar-refractivity contribution in [2.45, 2.75) is 44.2 Å². The monoisotopic (exact) mass is 403 g/mol. The number of quaternary nitrogens is 2. The maximum absolute atomic E-state index is 12.4. The van der Waals surface area contributed by atoms with Crippen LogP contribution in [0.5, 0.6) is 0 Å².